The highest BCUT2D eigenvalue weighted by Gasteiger charge is 2.36. The maximum atomic E-state index is 12.9. The smallest absolute Gasteiger partial charge is 0.238 e. The highest BCUT2D eigenvalue weighted by Crippen LogP contribution is 2.35. The van der Waals surface area contributed by atoms with Crippen LogP contribution >= 0.6 is 11.8 Å². The van der Waals surface area contributed by atoms with Crippen molar-refractivity contribution in [1.29, 1.82) is 0 Å². The number of nitrogens with zero attached hydrogens (tertiary/aromatic N) is 1. The number of piperazine rings is 1. The second kappa shape index (κ2) is 9.62. The molecule has 7 atom stereocenters. The van der Waals surface area contributed by atoms with E-state index in [0.29, 0.717) is 34.8 Å². The number of fused-ring (bicyclic) bond motifs is 1. The number of amides is 1. The Morgan fingerprint density at radius 2 is 1.96 bits per heavy atom. The van der Waals surface area contributed by atoms with Crippen molar-refractivity contribution in [1.82, 2.24) is 31.7 Å². The molecule has 0 aromatic rings. The molecule has 28 heavy (non-hydrogen) atoms. The highest BCUT2D eigenvalue weighted by atomic mass is 32.2. The van der Waals surface area contributed by atoms with Gasteiger partial charge in [0.2, 0.25) is 5.91 Å². The number of hydrogen-bond acceptors (Lipinski definition) is 7. The lowest BCUT2D eigenvalue weighted by Gasteiger charge is -2.41. The molecule has 0 aromatic carbocycles. The topological polar surface area (TPSA) is 80.5 Å². The van der Waals surface area contributed by atoms with E-state index < -0.39 is 0 Å². The van der Waals surface area contributed by atoms with Crippen LogP contribution in [-0.4, -0.2) is 66.0 Å². The minimum atomic E-state index is -0.0751. The molecule has 0 aromatic heterocycles. The second-order valence-electron chi connectivity index (χ2n) is 9.19. The number of hydrogen-bond donors (Lipinski definition) is 5. The van der Waals surface area contributed by atoms with Gasteiger partial charge >= 0.3 is 0 Å². The average molecular weight is 411 g/mol. The summed E-state index contributed by atoms with van der Waals surface area (Å²) in [5, 5.41) is 11.2. The van der Waals surface area contributed by atoms with Gasteiger partial charge in [-0.25, -0.2) is 10.9 Å². The molecule has 0 spiro atoms. The Bertz CT molecular complexity index is 537. The third-order valence-corrected chi connectivity index (χ3v) is 8.65. The molecule has 0 bridgehead atoms. The van der Waals surface area contributed by atoms with E-state index >= 15 is 0 Å². The fourth-order valence-electron chi connectivity index (χ4n) is 5.32. The lowest BCUT2D eigenvalue weighted by molar-refractivity contribution is -0.125. The summed E-state index contributed by atoms with van der Waals surface area (Å²) in [6, 6.07) is 1.28. The SMILES string of the molecule is CC(SC1NNCN1C)C1CCCC(NC(=O)C2CNC3CCCCC3N2)C1. The van der Waals surface area contributed by atoms with E-state index in [1.807, 2.05) is 11.8 Å². The van der Waals surface area contributed by atoms with Crippen LogP contribution in [0.4, 0.5) is 0 Å². The number of carbonyl (C=O) groups excluding carboxylic acids is 1. The monoisotopic (exact) mass is 410 g/mol. The zero-order chi connectivity index (χ0) is 19.5. The van der Waals surface area contributed by atoms with E-state index in [9.17, 15) is 4.79 Å². The predicted octanol–water partition coefficient (Wildman–Crippen LogP) is 0.936. The molecular weight excluding hydrogens is 372 g/mol. The van der Waals surface area contributed by atoms with Crippen LogP contribution in [-0.2, 0) is 4.79 Å². The largest absolute Gasteiger partial charge is 0.352 e. The molecule has 0 radical (unpaired) electrons. The van der Waals surface area contributed by atoms with Crippen molar-refractivity contribution < 1.29 is 4.79 Å². The van der Waals surface area contributed by atoms with Gasteiger partial charge in [-0.1, -0.05) is 26.2 Å². The van der Waals surface area contributed by atoms with E-state index in [1.54, 1.807) is 0 Å². The maximum Gasteiger partial charge on any atom is 0.238 e. The van der Waals surface area contributed by atoms with Crippen LogP contribution in [0, 0.1) is 5.92 Å². The van der Waals surface area contributed by atoms with Gasteiger partial charge in [0.15, 0.2) is 0 Å². The minimum absolute atomic E-state index is 0.0751. The van der Waals surface area contributed by atoms with Crippen molar-refractivity contribution in [2.45, 2.75) is 93.2 Å². The molecule has 4 rings (SSSR count). The summed E-state index contributed by atoms with van der Waals surface area (Å²) in [5.74, 6) is 0.865. The number of carbonyl (C=O) groups is 1. The lowest BCUT2D eigenvalue weighted by atomic mass is 9.83. The van der Waals surface area contributed by atoms with Gasteiger partial charge in [0.25, 0.3) is 0 Å². The third kappa shape index (κ3) is 5.02. The second-order valence-corrected chi connectivity index (χ2v) is 10.6. The molecule has 5 N–H and O–H groups in total. The van der Waals surface area contributed by atoms with Gasteiger partial charge in [-0.05, 0) is 45.1 Å². The Hall–Kier alpha value is -0.380. The van der Waals surface area contributed by atoms with Crippen molar-refractivity contribution in [2.24, 2.45) is 5.92 Å². The van der Waals surface area contributed by atoms with Crippen LogP contribution in [0.15, 0.2) is 0 Å². The summed E-state index contributed by atoms with van der Waals surface area (Å²) in [5.41, 5.74) is 6.88. The van der Waals surface area contributed by atoms with Gasteiger partial charge in [0.1, 0.15) is 5.50 Å². The molecule has 2 heterocycles. The predicted molar refractivity (Wildman–Crippen MR) is 115 cm³/mol. The molecular formula is C20H38N6OS. The first-order valence-electron chi connectivity index (χ1n) is 11.2. The van der Waals surface area contributed by atoms with Gasteiger partial charge in [0.05, 0.1) is 12.7 Å². The van der Waals surface area contributed by atoms with Crippen molar-refractivity contribution in [2.75, 3.05) is 20.3 Å². The van der Waals surface area contributed by atoms with E-state index in [4.69, 9.17) is 0 Å². The molecule has 1 amide bonds. The summed E-state index contributed by atoms with van der Waals surface area (Å²) in [6.45, 7) is 4.00. The van der Waals surface area contributed by atoms with Gasteiger partial charge in [0, 0.05) is 29.9 Å². The Kier molecular flexibility index (Phi) is 7.17. The number of hydrazine groups is 1. The van der Waals surface area contributed by atoms with Gasteiger partial charge < -0.3 is 16.0 Å². The summed E-state index contributed by atoms with van der Waals surface area (Å²) in [7, 11) is 2.14. The fraction of sp³-hybridized carbons (Fsp3) is 0.950. The number of nitrogens with one attached hydrogen (secondary N) is 5. The molecule has 2 aliphatic heterocycles. The van der Waals surface area contributed by atoms with Crippen molar-refractivity contribution >= 4 is 17.7 Å². The van der Waals surface area contributed by atoms with Gasteiger partial charge in [-0.3, -0.25) is 9.69 Å². The van der Waals surface area contributed by atoms with Crippen LogP contribution in [0.5, 0.6) is 0 Å². The standard InChI is InChI=1S/C20H38N6OS/c1-13(28-20-25-22-12-26(20)2)14-6-5-7-15(10-14)23-19(27)18-11-21-16-8-3-4-9-17(16)24-18/h13-18,20-22,24-25H,3-12H2,1-2H3,(H,23,27). The maximum absolute atomic E-state index is 12.9. The third-order valence-electron chi connectivity index (χ3n) is 7.10. The van der Waals surface area contributed by atoms with Crippen LogP contribution in [0.2, 0.25) is 0 Å². The lowest BCUT2D eigenvalue weighted by Crippen LogP contribution is -2.66. The van der Waals surface area contributed by atoms with Crippen LogP contribution in [0.1, 0.15) is 58.3 Å². The molecule has 2 saturated carbocycles. The number of thioether (sulfide) groups is 1. The molecule has 2 aliphatic carbocycles. The first-order valence-corrected chi connectivity index (χ1v) is 12.2. The molecule has 8 heteroatoms. The van der Waals surface area contributed by atoms with E-state index in [2.05, 4.69) is 45.7 Å². The molecule has 4 fully saturated rings. The first-order chi connectivity index (χ1) is 13.6. The van der Waals surface area contributed by atoms with Gasteiger partial charge in [-0.2, -0.15) is 0 Å². The quantitative estimate of drug-likeness (QED) is 0.461. The Labute approximate surface area is 173 Å². The van der Waals surface area contributed by atoms with Crippen molar-refractivity contribution in [3.8, 4) is 0 Å². The average Bonchev–Trinajstić information content (AvgIpc) is 3.12. The Balaban J connectivity index is 1.24. The fourth-order valence-corrected chi connectivity index (χ4v) is 6.63. The summed E-state index contributed by atoms with van der Waals surface area (Å²) < 4.78 is 0. The van der Waals surface area contributed by atoms with Crippen molar-refractivity contribution in [3.63, 3.8) is 0 Å². The van der Waals surface area contributed by atoms with Crippen molar-refractivity contribution in [3.05, 3.63) is 0 Å². The normalized spacial score (nSPS) is 40.6. The molecule has 4 aliphatic rings. The van der Waals surface area contributed by atoms with E-state index in [-0.39, 0.29) is 11.9 Å². The van der Waals surface area contributed by atoms with E-state index in [1.165, 1.54) is 38.5 Å². The summed E-state index contributed by atoms with van der Waals surface area (Å²) in [4.78, 5) is 15.2. The van der Waals surface area contributed by atoms with Gasteiger partial charge in [-0.15, -0.1) is 11.8 Å². The highest BCUT2D eigenvalue weighted by molar-refractivity contribution is 8.00. The molecule has 7 unspecified atom stereocenters. The number of rotatable bonds is 5. The van der Waals surface area contributed by atoms with E-state index in [0.717, 1.165) is 26.1 Å². The summed E-state index contributed by atoms with van der Waals surface area (Å²) >= 11 is 2.00. The van der Waals surface area contributed by atoms with Crippen LogP contribution < -0.4 is 26.8 Å². The zero-order valence-corrected chi connectivity index (χ0v) is 18.2. The molecule has 2 saturated heterocycles. The minimum Gasteiger partial charge on any atom is -0.352 e. The van der Waals surface area contributed by atoms with Crippen LogP contribution in [0.3, 0.4) is 0 Å². The Morgan fingerprint density at radius 3 is 2.75 bits per heavy atom. The first kappa shape index (κ1) is 20.9. The van der Waals surface area contributed by atoms with Crippen LogP contribution in [0.25, 0.3) is 0 Å². The zero-order valence-electron chi connectivity index (χ0n) is 17.4. The Morgan fingerprint density at radius 1 is 1.14 bits per heavy atom. The summed E-state index contributed by atoms with van der Waals surface area (Å²) in [6.07, 6.45) is 9.75. The molecule has 7 nitrogen and oxygen atoms in total. The molecule has 160 valence electrons.